The Labute approximate surface area is 112 Å². The van der Waals surface area contributed by atoms with Crippen molar-refractivity contribution in [3.8, 4) is 0 Å². The number of ether oxygens (including phenoxy) is 3. The fourth-order valence-electron chi connectivity index (χ4n) is 1.05. The Morgan fingerprint density at radius 2 is 1.58 bits per heavy atom. The van der Waals surface area contributed by atoms with Crippen LogP contribution < -0.4 is 16.4 Å². The lowest BCUT2D eigenvalue weighted by Crippen LogP contribution is -2.32. The molecule has 2 amide bonds. The average Bonchev–Trinajstić information content (AvgIpc) is 2.36. The van der Waals surface area contributed by atoms with Crippen LogP contribution in [-0.2, 0) is 23.8 Å². The Kier molecular flexibility index (Phi) is 12.4. The number of hydrogen-bond donors (Lipinski definition) is 3. The number of primary amides is 1. The van der Waals surface area contributed by atoms with E-state index in [4.69, 9.17) is 19.9 Å². The number of nitrogens with one attached hydrogen (secondary N) is 2. The zero-order valence-electron chi connectivity index (χ0n) is 11.3. The van der Waals surface area contributed by atoms with Crippen molar-refractivity contribution in [2.75, 3.05) is 59.8 Å². The predicted octanol–water partition coefficient (Wildman–Crippen LogP) is -2.14. The maximum atomic E-state index is 11.2. The fraction of sp³-hybridized carbons (Fsp3) is 0.818. The van der Waals surface area contributed by atoms with Crippen molar-refractivity contribution in [2.45, 2.75) is 0 Å². The lowest BCUT2D eigenvalue weighted by atomic mass is 10.5. The SMILES string of the molecule is CNCCOCCOCCNC(=O)COCC(N)=O. The van der Waals surface area contributed by atoms with Crippen molar-refractivity contribution in [3.05, 3.63) is 0 Å². The molecule has 0 rings (SSSR count). The van der Waals surface area contributed by atoms with E-state index < -0.39 is 5.91 Å². The lowest BCUT2D eigenvalue weighted by Gasteiger charge is -2.07. The lowest BCUT2D eigenvalue weighted by molar-refractivity contribution is -0.129. The third-order valence-corrected chi connectivity index (χ3v) is 1.91. The van der Waals surface area contributed by atoms with E-state index in [1.165, 1.54) is 0 Å². The van der Waals surface area contributed by atoms with Gasteiger partial charge in [-0.25, -0.2) is 0 Å². The van der Waals surface area contributed by atoms with Gasteiger partial charge in [0, 0.05) is 13.1 Å². The van der Waals surface area contributed by atoms with E-state index in [2.05, 4.69) is 10.6 Å². The smallest absolute Gasteiger partial charge is 0.246 e. The number of hydrogen-bond acceptors (Lipinski definition) is 6. The first-order chi connectivity index (χ1) is 9.16. The van der Waals surface area contributed by atoms with Crippen LogP contribution in [0.5, 0.6) is 0 Å². The van der Waals surface area contributed by atoms with Crippen LogP contribution in [0.2, 0.25) is 0 Å². The summed E-state index contributed by atoms with van der Waals surface area (Å²) in [5.41, 5.74) is 4.85. The van der Waals surface area contributed by atoms with Crippen molar-refractivity contribution >= 4 is 11.8 Å². The van der Waals surface area contributed by atoms with Crippen LogP contribution in [0.4, 0.5) is 0 Å². The Morgan fingerprint density at radius 1 is 0.947 bits per heavy atom. The quantitative estimate of drug-likeness (QED) is 0.331. The summed E-state index contributed by atoms with van der Waals surface area (Å²) in [5, 5.41) is 5.54. The van der Waals surface area contributed by atoms with Gasteiger partial charge in [-0.2, -0.15) is 0 Å². The van der Waals surface area contributed by atoms with Crippen molar-refractivity contribution in [2.24, 2.45) is 5.73 Å². The molecule has 112 valence electrons. The third-order valence-electron chi connectivity index (χ3n) is 1.91. The molecule has 0 saturated heterocycles. The van der Waals surface area contributed by atoms with Gasteiger partial charge in [-0.3, -0.25) is 9.59 Å². The molecule has 4 N–H and O–H groups in total. The normalized spacial score (nSPS) is 10.4. The molecular formula is C11H23N3O5. The fourth-order valence-corrected chi connectivity index (χ4v) is 1.05. The first kappa shape index (κ1) is 17.8. The highest BCUT2D eigenvalue weighted by atomic mass is 16.5. The van der Waals surface area contributed by atoms with Crippen molar-refractivity contribution in [1.82, 2.24) is 10.6 Å². The minimum absolute atomic E-state index is 0.184. The Hall–Kier alpha value is -1.22. The van der Waals surface area contributed by atoms with Crippen LogP contribution in [-0.4, -0.2) is 71.6 Å². The molecule has 0 aliphatic rings. The molecule has 0 fully saturated rings. The van der Waals surface area contributed by atoms with E-state index in [0.717, 1.165) is 6.54 Å². The molecule has 0 aromatic carbocycles. The molecule has 0 aliphatic carbocycles. The molecule has 0 bridgehead atoms. The topological polar surface area (TPSA) is 112 Å². The second-order valence-electron chi connectivity index (χ2n) is 3.64. The van der Waals surface area contributed by atoms with Gasteiger partial charge in [0.25, 0.3) is 0 Å². The van der Waals surface area contributed by atoms with Gasteiger partial charge in [-0.15, -0.1) is 0 Å². The van der Waals surface area contributed by atoms with Gasteiger partial charge in [0.15, 0.2) is 0 Å². The van der Waals surface area contributed by atoms with Crippen LogP contribution in [0, 0.1) is 0 Å². The molecule has 8 nitrogen and oxygen atoms in total. The predicted molar refractivity (Wildman–Crippen MR) is 68.6 cm³/mol. The summed E-state index contributed by atoms with van der Waals surface area (Å²) in [6, 6.07) is 0. The Balaban J connectivity index is 3.16. The zero-order valence-corrected chi connectivity index (χ0v) is 11.3. The van der Waals surface area contributed by atoms with Crippen LogP contribution in [0.1, 0.15) is 0 Å². The Morgan fingerprint density at radius 3 is 2.16 bits per heavy atom. The molecule has 0 atom stereocenters. The molecule has 0 saturated carbocycles. The van der Waals surface area contributed by atoms with Crippen molar-refractivity contribution in [3.63, 3.8) is 0 Å². The minimum atomic E-state index is -0.602. The van der Waals surface area contributed by atoms with Gasteiger partial charge in [0.1, 0.15) is 13.2 Å². The van der Waals surface area contributed by atoms with Crippen LogP contribution in [0.15, 0.2) is 0 Å². The third kappa shape index (κ3) is 14.7. The van der Waals surface area contributed by atoms with Crippen LogP contribution in [0.3, 0.4) is 0 Å². The minimum Gasteiger partial charge on any atom is -0.378 e. The highest BCUT2D eigenvalue weighted by Gasteiger charge is 2.01. The molecule has 0 aromatic rings. The summed E-state index contributed by atoms with van der Waals surface area (Å²) in [4.78, 5) is 21.5. The second-order valence-corrected chi connectivity index (χ2v) is 3.64. The zero-order chi connectivity index (χ0) is 14.3. The summed E-state index contributed by atoms with van der Waals surface area (Å²) in [6.07, 6.45) is 0. The molecule has 0 radical (unpaired) electrons. The number of likely N-dealkylation sites (N-methyl/N-ethyl adjacent to an activating group) is 1. The molecule has 0 spiro atoms. The van der Waals surface area contributed by atoms with Gasteiger partial charge in [-0.05, 0) is 7.05 Å². The summed E-state index contributed by atoms with van der Waals surface area (Å²) in [5.74, 6) is -0.912. The average molecular weight is 277 g/mol. The molecule has 0 aliphatic heterocycles. The van der Waals surface area contributed by atoms with E-state index in [9.17, 15) is 9.59 Å². The van der Waals surface area contributed by atoms with Gasteiger partial charge >= 0.3 is 0 Å². The summed E-state index contributed by atoms with van der Waals surface area (Å²) >= 11 is 0. The number of nitrogens with two attached hydrogens (primary N) is 1. The van der Waals surface area contributed by atoms with E-state index in [1.54, 1.807) is 0 Å². The first-order valence-electron chi connectivity index (χ1n) is 6.09. The maximum Gasteiger partial charge on any atom is 0.246 e. The summed E-state index contributed by atoms with van der Waals surface area (Å²) in [7, 11) is 1.86. The first-order valence-corrected chi connectivity index (χ1v) is 6.09. The standard InChI is InChI=1S/C11H23N3O5/c1-13-2-4-17-6-7-18-5-3-14-11(16)9-19-8-10(12)15/h13H,2-9H2,1H3,(H2,12,15)(H,14,16). The molecule has 0 aromatic heterocycles. The van der Waals surface area contributed by atoms with Crippen LogP contribution in [0.25, 0.3) is 0 Å². The summed E-state index contributed by atoms with van der Waals surface area (Å²) in [6.45, 7) is 2.81. The maximum absolute atomic E-state index is 11.2. The number of carbonyl (C=O) groups excluding carboxylic acids is 2. The molecule has 8 heteroatoms. The molecule has 0 heterocycles. The number of amides is 2. The monoisotopic (exact) mass is 277 g/mol. The Bertz CT molecular complexity index is 250. The van der Waals surface area contributed by atoms with Crippen molar-refractivity contribution < 1.29 is 23.8 Å². The van der Waals surface area contributed by atoms with E-state index in [1.807, 2.05) is 7.05 Å². The highest BCUT2D eigenvalue weighted by molar-refractivity contribution is 5.78. The summed E-state index contributed by atoms with van der Waals surface area (Å²) < 4.78 is 15.2. The van der Waals surface area contributed by atoms with Crippen molar-refractivity contribution in [1.29, 1.82) is 0 Å². The van der Waals surface area contributed by atoms with Crippen LogP contribution >= 0.6 is 0 Å². The highest BCUT2D eigenvalue weighted by Crippen LogP contribution is 1.79. The molecular weight excluding hydrogens is 254 g/mol. The van der Waals surface area contributed by atoms with E-state index in [-0.39, 0.29) is 19.1 Å². The second kappa shape index (κ2) is 13.2. The van der Waals surface area contributed by atoms with E-state index >= 15 is 0 Å². The largest absolute Gasteiger partial charge is 0.378 e. The van der Waals surface area contributed by atoms with Gasteiger partial charge in [-0.1, -0.05) is 0 Å². The number of rotatable bonds is 13. The molecule has 0 unspecified atom stereocenters. The van der Waals surface area contributed by atoms with Gasteiger partial charge in [0.05, 0.1) is 26.4 Å². The number of carbonyl (C=O) groups is 2. The molecule has 19 heavy (non-hydrogen) atoms. The van der Waals surface area contributed by atoms with Gasteiger partial charge in [0.2, 0.25) is 11.8 Å². The van der Waals surface area contributed by atoms with E-state index in [0.29, 0.717) is 33.0 Å². The van der Waals surface area contributed by atoms with Gasteiger partial charge < -0.3 is 30.6 Å².